The third kappa shape index (κ3) is 4.36. The molecule has 142 valence electrons. The SMILES string of the molecule is CCC(C1CCN(Cc2ccccc2-n2ccnc2)CC1)N(CC)CC. The van der Waals surface area contributed by atoms with Crippen LogP contribution in [0, 0.1) is 5.92 Å². The molecule has 2 aromatic rings. The molecule has 1 saturated heterocycles. The van der Waals surface area contributed by atoms with Gasteiger partial charge < -0.3 is 9.47 Å². The van der Waals surface area contributed by atoms with Crippen LogP contribution in [0.25, 0.3) is 5.69 Å². The quantitative estimate of drug-likeness (QED) is 0.710. The fourth-order valence-electron chi connectivity index (χ4n) is 4.62. The number of piperidine rings is 1. The van der Waals surface area contributed by atoms with Gasteiger partial charge in [-0.2, -0.15) is 0 Å². The Labute approximate surface area is 158 Å². The van der Waals surface area contributed by atoms with Crippen LogP contribution in [-0.2, 0) is 6.54 Å². The van der Waals surface area contributed by atoms with Crippen LogP contribution in [0.2, 0.25) is 0 Å². The van der Waals surface area contributed by atoms with E-state index in [9.17, 15) is 0 Å². The van der Waals surface area contributed by atoms with Gasteiger partial charge in [0.05, 0.1) is 12.0 Å². The number of rotatable bonds is 8. The lowest BCUT2D eigenvalue weighted by Gasteiger charge is -2.40. The van der Waals surface area contributed by atoms with Gasteiger partial charge in [0, 0.05) is 25.0 Å². The zero-order chi connectivity index (χ0) is 18.4. The van der Waals surface area contributed by atoms with Gasteiger partial charge in [-0.1, -0.05) is 39.0 Å². The molecule has 0 aliphatic carbocycles. The lowest BCUT2D eigenvalue weighted by Crippen LogP contribution is -2.45. The Morgan fingerprint density at radius 3 is 2.46 bits per heavy atom. The van der Waals surface area contributed by atoms with Crippen molar-refractivity contribution < 1.29 is 0 Å². The summed E-state index contributed by atoms with van der Waals surface area (Å²) in [5.41, 5.74) is 2.64. The number of benzene rings is 1. The molecule has 0 radical (unpaired) electrons. The van der Waals surface area contributed by atoms with Gasteiger partial charge in [0.2, 0.25) is 0 Å². The normalized spacial score (nSPS) is 17.7. The van der Waals surface area contributed by atoms with Crippen LogP contribution in [0.3, 0.4) is 0 Å². The van der Waals surface area contributed by atoms with Crippen molar-refractivity contribution in [2.24, 2.45) is 5.92 Å². The van der Waals surface area contributed by atoms with Crippen molar-refractivity contribution in [1.82, 2.24) is 19.4 Å². The smallest absolute Gasteiger partial charge is 0.0991 e. The van der Waals surface area contributed by atoms with Gasteiger partial charge in [-0.25, -0.2) is 4.98 Å². The molecule has 1 atom stereocenters. The molecule has 1 aromatic heterocycles. The molecule has 26 heavy (non-hydrogen) atoms. The van der Waals surface area contributed by atoms with Crippen LogP contribution in [0.1, 0.15) is 45.6 Å². The predicted octanol–water partition coefficient (Wildman–Crippen LogP) is 4.20. The molecule has 3 rings (SSSR count). The Kier molecular flexibility index (Phi) is 6.86. The summed E-state index contributed by atoms with van der Waals surface area (Å²) in [4.78, 5) is 9.49. The minimum Gasteiger partial charge on any atom is -0.306 e. The number of hydrogen-bond acceptors (Lipinski definition) is 3. The summed E-state index contributed by atoms with van der Waals surface area (Å²) in [6.45, 7) is 12.8. The molecule has 1 aromatic carbocycles. The van der Waals surface area contributed by atoms with Crippen molar-refractivity contribution in [3.8, 4) is 5.69 Å². The maximum atomic E-state index is 4.20. The lowest BCUT2D eigenvalue weighted by atomic mass is 9.86. The second-order valence-corrected chi connectivity index (χ2v) is 7.41. The predicted molar refractivity (Wildman–Crippen MR) is 109 cm³/mol. The van der Waals surface area contributed by atoms with Gasteiger partial charge >= 0.3 is 0 Å². The summed E-state index contributed by atoms with van der Waals surface area (Å²) >= 11 is 0. The molecule has 0 bridgehead atoms. The number of nitrogens with zero attached hydrogens (tertiary/aromatic N) is 4. The molecular formula is C22H34N4. The molecule has 0 spiro atoms. The molecular weight excluding hydrogens is 320 g/mol. The lowest BCUT2D eigenvalue weighted by molar-refractivity contribution is 0.0879. The second kappa shape index (κ2) is 9.33. The second-order valence-electron chi connectivity index (χ2n) is 7.41. The molecule has 1 unspecified atom stereocenters. The molecule has 0 amide bonds. The minimum atomic E-state index is 0.755. The van der Waals surface area contributed by atoms with E-state index in [1.54, 1.807) is 0 Å². The minimum absolute atomic E-state index is 0.755. The van der Waals surface area contributed by atoms with E-state index in [2.05, 4.69) is 64.4 Å². The Balaban J connectivity index is 1.61. The van der Waals surface area contributed by atoms with Gasteiger partial charge in [-0.05, 0) is 63.0 Å². The summed E-state index contributed by atoms with van der Waals surface area (Å²) in [6, 6.07) is 9.46. The first kappa shape index (κ1) is 19.1. The Morgan fingerprint density at radius 2 is 1.85 bits per heavy atom. The van der Waals surface area contributed by atoms with Crippen molar-refractivity contribution in [2.45, 2.75) is 52.6 Å². The number of imidazole rings is 1. The van der Waals surface area contributed by atoms with Crippen molar-refractivity contribution in [2.75, 3.05) is 26.2 Å². The van der Waals surface area contributed by atoms with E-state index < -0.39 is 0 Å². The maximum absolute atomic E-state index is 4.20. The van der Waals surface area contributed by atoms with E-state index in [4.69, 9.17) is 0 Å². The number of hydrogen-bond donors (Lipinski definition) is 0. The molecule has 1 fully saturated rings. The van der Waals surface area contributed by atoms with Crippen LogP contribution >= 0.6 is 0 Å². The van der Waals surface area contributed by atoms with Crippen LogP contribution in [0.4, 0.5) is 0 Å². The first-order valence-electron chi connectivity index (χ1n) is 10.3. The molecule has 0 N–H and O–H groups in total. The standard InChI is InChI=1S/C22H34N4/c1-4-21(25(5-2)6-3)19-11-14-24(15-12-19)17-20-9-7-8-10-22(20)26-16-13-23-18-26/h7-10,13,16,18-19,21H,4-6,11-12,14-15,17H2,1-3H3. The summed E-state index contributed by atoms with van der Waals surface area (Å²) in [5.74, 6) is 0.847. The number of aromatic nitrogens is 2. The van der Waals surface area contributed by atoms with Crippen LogP contribution in [-0.4, -0.2) is 51.6 Å². The van der Waals surface area contributed by atoms with Crippen molar-refractivity contribution in [3.05, 3.63) is 48.5 Å². The molecule has 0 saturated carbocycles. The summed E-state index contributed by atoms with van der Waals surface area (Å²) in [7, 11) is 0. The average molecular weight is 355 g/mol. The number of para-hydroxylation sites is 1. The Morgan fingerprint density at radius 1 is 1.12 bits per heavy atom. The fraction of sp³-hybridized carbons (Fsp3) is 0.591. The van der Waals surface area contributed by atoms with E-state index in [-0.39, 0.29) is 0 Å². The highest BCUT2D eigenvalue weighted by Crippen LogP contribution is 2.27. The van der Waals surface area contributed by atoms with E-state index in [0.29, 0.717) is 0 Å². The third-order valence-electron chi connectivity index (χ3n) is 6.04. The van der Waals surface area contributed by atoms with Crippen molar-refractivity contribution in [1.29, 1.82) is 0 Å². The first-order valence-corrected chi connectivity index (χ1v) is 10.3. The van der Waals surface area contributed by atoms with Crippen LogP contribution in [0.15, 0.2) is 43.0 Å². The molecule has 2 heterocycles. The van der Waals surface area contributed by atoms with Gasteiger partial charge in [-0.15, -0.1) is 0 Å². The third-order valence-corrected chi connectivity index (χ3v) is 6.04. The molecule has 1 aliphatic rings. The summed E-state index contributed by atoms with van der Waals surface area (Å²) in [5, 5.41) is 0. The highest BCUT2D eigenvalue weighted by atomic mass is 15.2. The monoisotopic (exact) mass is 354 g/mol. The average Bonchev–Trinajstić information content (AvgIpc) is 3.22. The van der Waals surface area contributed by atoms with E-state index in [0.717, 1.165) is 18.5 Å². The Bertz CT molecular complexity index is 640. The molecule has 1 aliphatic heterocycles. The number of likely N-dealkylation sites (tertiary alicyclic amines) is 1. The van der Waals surface area contributed by atoms with Gasteiger partial charge in [0.25, 0.3) is 0 Å². The largest absolute Gasteiger partial charge is 0.306 e. The zero-order valence-corrected chi connectivity index (χ0v) is 16.6. The highest BCUT2D eigenvalue weighted by Gasteiger charge is 2.28. The Hall–Kier alpha value is -1.65. The van der Waals surface area contributed by atoms with Crippen LogP contribution < -0.4 is 0 Å². The topological polar surface area (TPSA) is 24.3 Å². The maximum Gasteiger partial charge on any atom is 0.0991 e. The fourth-order valence-corrected chi connectivity index (χ4v) is 4.62. The summed E-state index contributed by atoms with van der Waals surface area (Å²) in [6.07, 6.45) is 9.68. The van der Waals surface area contributed by atoms with Gasteiger partial charge in [0.15, 0.2) is 0 Å². The van der Waals surface area contributed by atoms with Crippen LogP contribution in [0.5, 0.6) is 0 Å². The zero-order valence-electron chi connectivity index (χ0n) is 16.6. The van der Waals surface area contributed by atoms with Gasteiger partial charge in [0.1, 0.15) is 0 Å². The molecule has 4 nitrogen and oxygen atoms in total. The van der Waals surface area contributed by atoms with E-state index >= 15 is 0 Å². The van der Waals surface area contributed by atoms with Crippen molar-refractivity contribution in [3.63, 3.8) is 0 Å². The van der Waals surface area contributed by atoms with E-state index in [1.165, 1.54) is 56.7 Å². The summed E-state index contributed by atoms with van der Waals surface area (Å²) < 4.78 is 2.12. The molecule has 4 heteroatoms. The first-order chi connectivity index (χ1) is 12.8. The van der Waals surface area contributed by atoms with Gasteiger partial charge in [-0.3, -0.25) is 4.90 Å². The van der Waals surface area contributed by atoms with Crippen molar-refractivity contribution >= 4 is 0 Å². The highest BCUT2D eigenvalue weighted by molar-refractivity contribution is 5.40. The van der Waals surface area contributed by atoms with E-state index in [1.807, 2.05) is 18.7 Å².